The molecule has 1 aromatic heterocycles. The van der Waals surface area contributed by atoms with Crippen LogP contribution in [0.25, 0.3) is 0 Å². The summed E-state index contributed by atoms with van der Waals surface area (Å²) in [6.07, 6.45) is 1.59. The molecule has 0 saturated heterocycles. The number of pyridine rings is 1. The Morgan fingerprint density at radius 2 is 1.84 bits per heavy atom. The van der Waals surface area contributed by atoms with E-state index in [1.54, 1.807) is 30.5 Å². The molecule has 0 radical (unpaired) electrons. The molecule has 0 unspecified atom stereocenters. The van der Waals surface area contributed by atoms with Crippen LogP contribution >= 0.6 is 11.6 Å². The Labute approximate surface area is 192 Å². The van der Waals surface area contributed by atoms with Crippen LogP contribution in [0.15, 0.2) is 59.6 Å². The van der Waals surface area contributed by atoms with Gasteiger partial charge in [-0.2, -0.15) is 0 Å². The summed E-state index contributed by atoms with van der Waals surface area (Å²) < 4.78 is 33.6. The molecule has 0 aliphatic carbocycles. The number of nitrogens with one attached hydrogen (secondary N) is 2. The number of nitrogens with zero attached hydrogens (tertiary/aromatic N) is 1. The minimum absolute atomic E-state index is 0.0622. The van der Waals surface area contributed by atoms with Crippen LogP contribution in [-0.2, 0) is 16.6 Å². The van der Waals surface area contributed by atoms with Gasteiger partial charge in [0, 0.05) is 24.5 Å². The minimum atomic E-state index is -3.91. The molecular formula is C23H24ClN3O4S. The van der Waals surface area contributed by atoms with E-state index < -0.39 is 15.9 Å². The lowest BCUT2D eigenvalue weighted by molar-refractivity contribution is 0.0950. The fourth-order valence-electron chi connectivity index (χ4n) is 2.93. The molecule has 7 nitrogen and oxygen atoms in total. The number of carbonyl (C=O) groups excluding carboxylic acids is 1. The third-order valence-electron chi connectivity index (χ3n) is 4.80. The van der Waals surface area contributed by atoms with Gasteiger partial charge in [0.05, 0.1) is 22.1 Å². The van der Waals surface area contributed by atoms with Gasteiger partial charge in [0.15, 0.2) is 0 Å². The molecule has 0 aliphatic heterocycles. The standard InChI is InChI=1S/C23H24ClN3O4S/c1-4-31-22-12-17(9-10-25-22)14-26-23(28)20-13-19(7-8-21(20)24)32(29,30)27-18-6-5-15(2)16(3)11-18/h5-13,27H,4,14H2,1-3H3,(H,26,28). The zero-order valence-electron chi connectivity index (χ0n) is 18.0. The maximum atomic E-state index is 12.9. The Morgan fingerprint density at radius 3 is 2.56 bits per heavy atom. The zero-order valence-corrected chi connectivity index (χ0v) is 19.5. The Balaban J connectivity index is 1.77. The molecule has 1 heterocycles. The number of halogens is 1. The molecule has 0 spiro atoms. The number of sulfonamides is 1. The van der Waals surface area contributed by atoms with Crippen molar-refractivity contribution in [3.8, 4) is 5.88 Å². The summed E-state index contributed by atoms with van der Waals surface area (Å²) in [6, 6.07) is 12.8. The van der Waals surface area contributed by atoms with Crippen molar-refractivity contribution in [2.24, 2.45) is 0 Å². The summed E-state index contributed by atoms with van der Waals surface area (Å²) in [4.78, 5) is 16.7. The number of benzene rings is 2. The first-order valence-corrected chi connectivity index (χ1v) is 11.8. The van der Waals surface area contributed by atoms with E-state index in [4.69, 9.17) is 16.3 Å². The van der Waals surface area contributed by atoms with Gasteiger partial charge in [-0.1, -0.05) is 17.7 Å². The number of ether oxygens (including phenoxy) is 1. The molecule has 32 heavy (non-hydrogen) atoms. The first kappa shape index (κ1) is 23.6. The van der Waals surface area contributed by atoms with Gasteiger partial charge in [-0.3, -0.25) is 9.52 Å². The third-order valence-corrected chi connectivity index (χ3v) is 6.50. The van der Waals surface area contributed by atoms with Crippen molar-refractivity contribution < 1.29 is 17.9 Å². The second-order valence-corrected chi connectivity index (χ2v) is 9.25. The molecule has 2 N–H and O–H groups in total. The van der Waals surface area contributed by atoms with Crippen LogP contribution in [0.1, 0.15) is 34.0 Å². The molecule has 0 aliphatic rings. The second-order valence-electron chi connectivity index (χ2n) is 7.16. The summed E-state index contributed by atoms with van der Waals surface area (Å²) in [6.45, 7) is 6.39. The van der Waals surface area contributed by atoms with Gasteiger partial charge >= 0.3 is 0 Å². The van der Waals surface area contributed by atoms with E-state index in [1.807, 2.05) is 26.8 Å². The van der Waals surface area contributed by atoms with Crippen LogP contribution < -0.4 is 14.8 Å². The highest BCUT2D eigenvalue weighted by molar-refractivity contribution is 7.92. The quantitative estimate of drug-likeness (QED) is 0.502. The molecule has 3 rings (SSSR count). The van der Waals surface area contributed by atoms with Crippen molar-refractivity contribution in [3.05, 3.63) is 82.0 Å². The number of hydrogen-bond donors (Lipinski definition) is 2. The van der Waals surface area contributed by atoms with Crippen molar-refractivity contribution in [1.29, 1.82) is 0 Å². The van der Waals surface area contributed by atoms with Crippen molar-refractivity contribution >= 4 is 33.2 Å². The summed E-state index contributed by atoms with van der Waals surface area (Å²) in [5.41, 5.74) is 3.31. The summed E-state index contributed by atoms with van der Waals surface area (Å²) in [7, 11) is -3.91. The van der Waals surface area contributed by atoms with E-state index in [1.165, 1.54) is 18.2 Å². The van der Waals surface area contributed by atoms with E-state index in [-0.39, 0.29) is 22.0 Å². The fourth-order valence-corrected chi connectivity index (χ4v) is 4.21. The Morgan fingerprint density at radius 1 is 1.06 bits per heavy atom. The molecule has 3 aromatic rings. The highest BCUT2D eigenvalue weighted by Crippen LogP contribution is 2.24. The van der Waals surface area contributed by atoms with E-state index in [0.717, 1.165) is 16.7 Å². The number of aromatic nitrogens is 1. The van der Waals surface area contributed by atoms with Gasteiger partial charge in [0.2, 0.25) is 5.88 Å². The molecule has 0 atom stereocenters. The Bertz CT molecular complexity index is 1250. The first-order valence-electron chi connectivity index (χ1n) is 9.95. The zero-order chi connectivity index (χ0) is 23.3. The lowest BCUT2D eigenvalue weighted by Crippen LogP contribution is -2.24. The number of aryl methyl sites for hydroxylation is 2. The van der Waals surface area contributed by atoms with Crippen LogP contribution in [0.4, 0.5) is 5.69 Å². The lowest BCUT2D eigenvalue weighted by atomic mass is 10.1. The molecule has 2 aromatic carbocycles. The Kier molecular flexibility index (Phi) is 7.37. The highest BCUT2D eigenvalue weighted by Gasteiger charge is 2.19. The van der Waals surface area contributed by atoms with Crippen molar-refractivity contribution in [2.75, 3.05) is 11.3 Å². The predicted molar refractivity (Wildman–Crippen MR) is 125 cm³/mol. The molecule has 0 bridgehead atoms. The average molecular weight is 474 g/mol. The van der Waals surface area contributed by atoms with Crippen LogP contribution in [-0.4, -0.2) is 25.9 Å². The monoisotopic (exact) mass is 473 g/mol. The summed E-state index contributed by atoms with van der Waals surface area (Å²) in [5.74, 6) is -0.0317. The van der Waals surface area contributed by atoms with E-state index >= 15 is 0 Å². The van der Waals surface area contributed by atoms with Gasteiger partial charge in [-0.05, 0) is 73.9 Å². The average Bonchev–Trinajstić information content (AvgIpc) is 2.75. The van der Waals surface area contributed by atoms with Crippen LogP contribution in [0.3, 0.4) is 0 Å². The van der Waals surface area contributed by atoms with Crippen LogP contribution in [0.2, 0.25) is 5.02 Å². The fraction of sp³-hybridized carbons (Fsp3) is 0.217. The number of anilines is 1. The number of amides is 1. The van der Waals surface area contributed by atoms with Crippen molar-refractivity contribution in [2.45, 2.75) is 32.2 Å². The van der Waals surface area contributed by atoms with Gasteiger partial charge in [0.1, 0.15) is 0 Å². The van der Waals surface area contributed by atoms with Gasteiger partial charge in [-0.25, -0.2) is 13.4 Å². The normalized spacial score (nSPS) is 11.1. The third kappa shape index (κ3) is 5.77. The molecular weight excluding hydrogens is 450 g/mol. The maximum absolute atomic E-state index is 12.9. The molecule has 0 saturated carbocycles. The van der Waals surface area contributed by atoms with Crippen molar-refractivity contribution in [3.63, 3.8) is 0 Å². The van der Waals surface area contributed by atoms with Crippen LogP contribution in [0, 0.1) is 13.8 Å². The van der Waals surface area contributed by atoms with Crippen LogP contribution in [0.5, 0.6) is 5.88 Å². The highest BCUT2D eigenvalue weighted by atomic mass is 35.5. The molecule has 168 valence electrons. The summed E-state index contributed by atoms with van der Waals surface area (Å²) in [5, 5.41) is 2.90. The van der Waals surface area contributed by atoms with Gasteiger partial charge in [-0.15, -0.1) is 0 Å². The van der Waals surface area contributed by atoms with Crippen molar-refractivity contribution in [1.82, 2.24) is 10.3 Å². The SMILES string of the molecule is CCOc1cc(CNC(=O)c2cc(S(=O)(=O)Nc3ccc(C)c(C)c3)ccc2Cl)ccn1. The second kappa shape index (κ2) is 10.0. The summed E-state index contributed by atoms with van der Waals surface area (Å²) >= 11 is 6.18. The smallest absolute Gasteiger partial charge is 0.261 e. The van der Waals surface area contributed by atoms with Gasteiger partial charge in [0.25, 0.3) is 15.9 Å². The van der Waals surface area contributed by atoms with E-state index in [2.05, 4.69) is 15.0 Å². The topological polar surface area (TPSA) is 97.4 Å². The molecule has 0 fully saturated rings. The minimum Gasteiger partial charge on any atom is -0.478 e. The maximum Gasteiger partial charge on any atom is 0.261 e. The number of carbonyl (C=O) groups is 1. The van der Waals surface area contributed by atoms with Gasteiger partial charge < -0.3 is 10.1 Å². The predicted octanol–water partition coefficient (Wildman–Crippen LogP) is 4.48. The largest absolute Gasteiger partial charge is 0.478 e. The molecule has 9 heteroatoms. The Hall–Kier alpha value is -3.10. The van der Waals surface area contributed by atoms with E-state index in [0.29, 0.717) is 18.2 Å². The molecule has 1 amide bonds. The number of hydrogen-bond acceptors (Lipinski definition) is 5. The first-order chi connectivity index (χ1) is 15.2. The lowest BCUT2D eigenvalue weighted by Gasteiger charge is -2.12. The number of rotatable bonds is 8. The van der Waals surface area contributed by atoms with E-state index in [9.17, 15) is 13.2 Å².